The predicted molar refractivity (Wildman–Crippen MR) is 99.4 cm³/mol. The number of aryl methyl sites for hydroxylation is 2. The summed E-state index contributed by atoms with van der Waals surface area (Å²) in [4.78, 5) is 24.0. The normalized spacial score (nSPS) is 13.0. The summed E-state index contributed by atoms with van der Waals surface area (Å²) in [5, 5.41) is 0.931. The molecular formula is C21H16ClFO4. The molecule has 3 aromatic rings. The number of esters is 1. The molecule has 0 radical (unpaired) electrons. The third-order valence-corrected chi connectivity index (χ3v) is 5.17. The zero-order valence-corrected chi connectivity index (χ0v) is 15.1. The maximum absolute atomic E-state index is 13.8. The predicted octanol–water partition coefficient (Wildman–Crippen LogP) is 4.36. The summed E-state index contributed by atoms with van der Waals surface area (Å²) in [5.41, 5.74) is 3.08. The van der Waals surface area contributed by atoms with Gasteiger partial charge in [-0.05, 0) is 54.7 Å². The zero-order chi connectivity index (χ0) is 19.0. The lowest BCUT2D eigenvalue weighted by atomic mass is 10.0. The summed E-state index contributed by atoms with van der Waals surface area (Å²) in [6, 6.07) is 9.45. The first-order valence-electron chi connectivity index (χ1n) is 8.68. The van der Waals surface area contributed by atoms with Crippen LogP contribution in [0.1, 0.15) is 28.7 Å². The molecule has 0 fully saturated rings. The standard InChI is InChI=1S/C21H16ClFO4/c22-17-5-2-6-18(23)16(17)10-20(24)26-11-14-9-21(25)27-19-8-13-4-1-3-12(13)7-15(14)19/h2,5-9H,1,3-4,10-11H2. The van der Waals surface area contributed by atoms with E-state index in [9.17, 15) is 14.0 Å². The Hall–Kier alpha value is -2.66. The van der Waals surface area contributed by atoms with Gasteiger partial charge in [0.25, 0.3) is 0 Å². The van der Waals surface area contributed by atoms with Gasteiger partial charge >= 0.3 is 11.6 Å². The van der Waals surface area contributed by atoms with Gasteiger partial charge in [0.2, 0.25) is 0 Å². The van der Waals surface area contributed by atoms with Crippen LogP contribution in [0.15, 0.2) is 45.6 Å². The molecule has 0 N–H and O–H groups in total. The molecule has 0 amide bonds. The molecule has 27 heavy (non-hydrogen) atoms. The minimum absolute atomic E-state index is 0.0915. The number of carbonyl (C=O) groups is 1. The number of ether oxygens (including phenoxy) is 1. The molecule has 0 bridgehead atoms. The van der Waals surface area contributed by atoms with Gasteiger partial charge in [-0.3, -0.25) is 4.79 Å². The van der Waals surface area contributed by atoms with E-state index in [1.807, 2.05) is 12.1 Å². The minimum Gasteiger partial charge on any atom is -0.461 e. The first-order chi connectivity index (χ1) is 13.0. The van der Waals surface area contributed by atoms with Gasteiger partial charge < -0.3 is 9.15 Å². The van der Waals surface area contributed by atoms with Gasteiger partial charge in [0.15, 0.2) is 0 Å². The molecular weight excluding hydrogens is 371 g/mol. The third kappa shape index (κ3) is 3.60. The number of halogens is 2. The maximum Gasteiger partial charge on any atom is 0.336 e. The van der Waals surface area contributed by atoms with Crippen LogP contribution in [-0.4, -0.2) is 5.97 Å². The van der Waals surface area contributed by atoms with Crippen LogP contribution in [0.3, 0.4) is 0 Å². The molecule has 0 saturated heterocycles. The quantitative estimate of drug-likeness (QED) is 0.494. The van der Waals surface area contributed by atoms with E-state index < -0.39 is 17.4 Å². The van der Waals surface area contributed by atoms with E-state index in [4.69, 9.17) is 20.8 Å². The number of rotatable bonds is 4. The van der Waals surface area contributed by atoms with Gasteiger partial charge in [0.05, 0.1) is 6.42 Å². The summed E-state index contributed by atoms with van der Waals surface area (Å²) in [6.07, 6.45) is 2.75. The van der Waals surface area contributed by atoms with Crippen molar-refractivity contribution >= 4 is 28.5 Å². The molecule has 138 valence electrons. The number of hydrogen-bond acceptors (Lipinski definition) is 4. The highest BCUT2D eigenvalue weighted by atomic mass is 35.5. The largest absolute Gasteiger partial charge is 0.461 e. The Morgan fingerprint density at radius 2 is 1.96 bits per heavy atom. The Labute approximate surface area is 159 Å². The van der Waals surface area contributed by atoms with E-state index in [2.05, 4.69) is 0 Å². The van der Waals surface area contributed by atoms with Gasteiger partial charge in [-0.15, -0.1) is 0 Å². The molecule has 0 aliphatic heterocycles. The van der Waals surface area contributed by atoms with Crippen LogP contribution < -0.4 is 5.63 Å². The monoisotopic (exact) mass is 386 g/mol. The van der Waals surface area contributed by atoms with Gasteiger partial charge in [-0.2, -0.15) is 0 Å². The Morgan fingerprint density at radius 3 is 2.74 bits per heavy atom. The Balaban J connectivity index is 1.57. The lowest BCUT2D eigenvalue weighted by Crippen LogP contribution is -2.11. The Bertz CT molecular complexity index is 1080. The summed E-state index contributed by atoms with van der Waals surface area (Å²) < 4.78 is 24.4. The number of benzene rings is 2. The first kappa shape index (κ1) is 17.7. The highest BCUT2D eigenvalue weighted by Crippen LogP contribution is 2.29. The number of fused-ring (bicyclic) bond motifs is 2. The van der Waals surface area contributed by atoms with Crippen LogP contribution in [0.4, 0.5) is 4.39 Å². The van der Waals surface area contributed by atoms with E-state index in [0.29, 0.717) is 11.1 Å². The van der Waals surface area contributed by atoms with Gasteiger partial charge in [-0.25, -0.2) is 9.18 Å². The fraction of sp³-hybridized carbons (Fsp3) is 0.238. The second-order valence-corrected chi connectivity index (χ2v) is 7.01. The fourth-order valence-electron chi connectivity index (χ4n) is 3.47. The van der Waals surface area contributed by atoms with Crippen LogP contribution in [0.25, 0.3) is 11.0 Å². The van der Waals surface area contributed by atoms with Crippen molar-refractivity contribution in [2.24, 2.45) is 0 Å². The molecule has 0 atom stereocenters. The summed E-state index contributed by atoms with van der Waals surface area (Å²) in [6.45, 7) is -0.0915. The summed E-state index contributed by atoms with van der Waals surface area (Å²) in [7, 11) is 0. The van der Waals surface area contributed by atoms with Gasteiger partial charge in [-0.1, -0.05) is 17.7 Å². The summed E-state index contributed by atoms with van der Waals surface area (Å²) >= 11 is 5.94. The van der Waals surface area contributed by atoms with Crippen molar-refractivity contribution in [1.29, 1.82) is 0 Å². The molecule has 0 saturated carbocycles. The second kappa shape index (κ2) is 7.16. The SMILES string of the molecule is O=C(Cc1c(F)cccc1Cl)OCc1cc(=O)oc2cc3c(cc12)CCC3. The van der Waals surface area contributed by atoms with E-state index in [0.717, 1.165) is 24.6 Å². The van der Waals surface area contributed by atoms with Crippen molar-refractivity contribution in [3.63, 3.8) is 0 Å². The van der Waals surface area contributed by atoms with Crippen LogP contribution in [0.2, 0.25) is 5.02 Å². The molecule has 0 spiro atoms. The minimum atomic E-state index is -0.621. The first-order valence-corrected chi connectivity index (χ1v) is 9.06. The van der Waals surface area contributed by atoms with Crippen LogP contribution in [0.5, 0.6) is 0 Å². The Kier molecular flexibility index (Phi) is 4.70. The molecule has 1 aromatic heterocycles. The molecule has 6 heteroatoms. The van der Waals surface area contributed by atoms with E-state index in [-0.39, 0.29) is 23.6 Å². The highest BCUT2D eigenvalue weighted by Gasteiger charge is 2.17. The fourth-order valence-corrected chi connectivity index (χ4v) is 3.70. The topological polar surface area (TPSA) is 56.5 Å². The molecule has 0 unspecified atom stereocenters. The van der Waals surface area contributed by atoms with Crippen molar-refractivity contribution in [3.05, 3.63) is 79.9 Å². The lowest BCUT2D eigenvalue weighted by molar-refractivity contribution is -0.144. The molecule has 4 nitrogen and oxygen atoms in total. The molecule has 2 aromatic carbocycles. The smallest absolute Gasteiger partial charge is 0.336 e. The number of carbonyl (C=O) groups excluding carboxylic acids is 1. The van der Waals surface area contributed by atoms with Crippen molar-refractivity contribution in [1.82, 2.24) is 0 Å². The van der Waals surface area contributed by atoms with Crippen LogP contribution in [-0.2, 0) is 35.4 Å². The third-order valence-electron chi connectivity index (χ3n) is 4.81. The van der Waals surface area contributed by atoms with Crippen LogP contribution in [0, 0.1) is 5.82 Å². The van der Waals surface area contributed by atoms with Crippen molar-refractivity contribution in [2.45, 2.75) is 32.3 Å². The van der Waals surface area contributed by atoms with Crippen molar-refractivity contribution < 1.29 is 18.3 Å². The van der Waals surface area contributed by atoms with Crippen LogP contribution >= 0.6 is 11.6 Å². The van der Waals surface area contributed by atoms with Gasteiger partial charge in [0, 0.05) is 27.6 Å². The van der Waals surface area contributed by atoms with Gasteiger partial charge in [0.1, 0.15) is 18.0 Å². The van der Waals surface area contributed by atoms with E-state index in [1.165, 1.54) is 35.4 Å². The number of hydrogen-bond donors (Lipinski definition) is 0. The zero-order valence-electron chi connectivity index (χ0n) is 14.4. The molecule has 1 aliphatic carbocycles. The Morgan fingerprint density at radius 1 is 1.19 bits per heavy atom. The van der Waals surface area contributed by atoms with Crippen molar-refractivity contribution in [2.75, 3.05) is 0 Å². The van der Waals surface area contributed by atoms with Crippen molar-refractivity contribution in [3.8, 4) is 0 Å². The average molecular weight is 387 g/mol. The average Bonchev–Trinajstić information content (AvgIpc) is 3.08. The van der Waals surface area contributed by atoms with E-state index >= 15 is 0 Å². The second-order valence-electron chi connectivity index (χ2n) is 6.60. The van der Waals surface area contributed by atoms with E-state index in [1.54, 1.807) is 0 Å². The molecule has 1 aliphatic rings. The maximum atomic E-state index is 13.8. The lowest BCUT2D eigenvalue weighted by Gasteiger charge is -2.10. The highest BCUT2D eigenvalue weighted by molar-refractivity contribution is 6.31. The molecule has 4 rings (SSSR count). The summed E-state index contributed by atoms with van der Waals surface area (Å²) in [5.74, 6) is -1.18. The molecule has 1 heterocycles.